The first kappa shape index (κ1) is 21.6. The van der Waals surface area contributed by atoms with Gasteiger partial charge in [0.2, 0.25) is 27.6 Å². The Bertz CT molecular complexity index is 1220. The smallest absolute Gasteiger partial charge is 0.244 e. The summed E-state index contributed by atoms with van der Waals surface area (Å²) in [5.74, 6) is -0.760. The molecule has 0 aliphatic carbocycles. The van der Waals surface area contributed by atoms with Crippen molar-refractivity contribution >= 4 is 33.0 Å². The summed E-state index contributed by atoms with van der Waals surface area (Å²) in [6, 6.07) is 7.43. The Kier molecular flexibility index (Phi) is 5.91. The third-order valence-corrected chi connectivity index (χ3v) is 8.29. The fourth-order valence-corrected chi connectivity index (χ4v) is 6.55. The second-order valence-corrected chi connectivity index (χ2v) is 10.5. The van der Waals surface area contributed by atoms with Crippen LogP contribution in [-0.2, 0) is 14.8 Å². The van der Waals surface area contributed by atoms with E-state index in [0.717, 1.165) is 0 Å². The number of nitrogens with zero attached hydrogens (tertiary/aromatic N) is 3. The van der Waals surface area contributed by atoms with Crippen LogP contribution >= 0.6 is 11.3 Å². The molecule has 0 saturated carbocycles. The zero-order valence-electron chi connectivity index (χ0n) is 17.0. The van der Waals surface area contributed by atoms with Crippen molar-refractivity contribution < 1.29 is 22.1 Å². The van der Waals surface area contributed by atoms with E-state index in [0.29, 0.717) is 40.9 Å². The molecule has 0 radical (unpaired) electrons. The Morgan fingerprint density at radius 1 is 1.32 bits per heavy atom. The zero-order valence-corrected chi connectivity index (χ0v) is 18.6. The van der Waals surface area contributed by atoms with Crippen molar-refractivity contribution in [2.75, 3.05) is 18.4 Å². The Morgan fingerprint density at radius 3 is 2.81 bits per heavy atom. The molecule has 1 saturated heterocycles. The normalized spacial score (nSPS) is 17.6. The monoisotopic (exact) mass is 464 g/mol. The highest BCUT2D eigenvalue weighted by Gasteiger charge is 2.35. The van der Waals surface area contributed by atoms with Gasteiger partial charge in [-0.05, 0) is 38.0 Å². The average Bonchev–Trinajstić information content (AvgIpc) is 3.35. The van der Waals surface area contributed by atoms with Gasteiger partial charge in [-0.3, -0.25) is 4.79 Å². The number of carbonyl (C=O) groups is 1. The maximum Gasteiger partial charge on any atom is 0.244 e. The van der Waals surface area contributed by atoms with Crippen LogP contribution in [0.15, 0.2) is 39.8 Å². The van der Waals surface area contributed by atoms with Crippen molar-refractivity contribution in [1.29, 1.82) is 0 Å². The molecule has 11 heteroatoms. The molecule has 1 aliphatic heterocycles. The molecular weight excluding hydrogens is 443 g/mol. The minimum absolute atomic E-state index is 0.0363. The number of piperidine rings is 1. The van der Waals surface area contributed by atoms with Crippen LogP contribution < -0.4 is 5.32 Å². The summed E-state index contributed by atoms with van der Waals surface area (Å²) in [5, 5.41) is 6.42. The number of hydrogen-bond donors (Lipinski definition) is 1. The van der Waals surface area contributed by atoms with Crippen molar-refractivity contribution in [3.63, 3.8) is 0 Å². The van der Waals surface area contributed by atoms with E-state index in [4.69, 9.17) is 4.52 Å². The lowest BCUT2D eigenvalue weighted by Crippen LogP contribution is -2.43. The number of benzene rings is 1. The van der Waals surface area contributed by atoms with Crippen LogP contribution in [0.25, 0.3) is 10.7 Å². The lowest BCUT2D eigenvalue weighted by Gasteiger charge is -2.31. The van der Waals surface area contributed by atoms with Gasteiger partial charge in [-0.15, -0.1) is 11.3 Å². The lowest BCUT2D eigenvalue weighted by atomic mass is 9.98. The summed E-state index contributed by atoms with van der Waals surface area (Å²) in [6.45, 7) is 3.74. The van der Waals surface area contributed by atoms with E-state index in [2.05, 4.69) is 15.5 Å². The van der Waals surface area contributed by atoms with Crippen LogP contribution in [-0.4, -0.2) is 41.9 Å². The quantitative estimate of drug-likeness (QED) is 0.619. The number of nitrogens with one attached hydrogen (secondary N) is 1. The van der Waals surface area contributed by atoms with Gasteiger partial charge in [-0.25, -0.2) is 12.8 Å². The van der Waals surface area contributed by atoms with Crippen molar-refractivity contribution in [3.8, 4) is 10.7 Å². The van der Waals surface area contributed by atoms with Crippen LogP contribution in [0.5, 0.6) is 0 Å². The molecule has 1 atom stereocenters. The fraction of sp³-hybridized carbons (Fsp3) is 0.350. The minimum Gasteiger partial charge on any atom is -0.339 e. The number of thiophene rings is 1. The molecule has 8 nitrogen and oxygen atoms in total. The molecule has 164 valence electrons. The maximum atomic E-state index is 13.9. The van der Waals surface area contributed by atoms with Crippen molar-refractivity contribution in [1.82, 2.24) is 14.4 Å². The number of hydrogen-bond acceptors (Lipinski definition) is 7. The second-order valence-electron chi connectivity index (χ2n) is 7.34. The molecule has 3 aromatic rings. The van der Waals surface area contributed by atoms with Gasteiger partial charge in [0.15, 0.2) is 0 Å². The molecule has 0 spiro atoms. The second kappa shape index (κ2) is 8.48. The Morgan fingerprint density at radius 2 is 2.10 bits per heavy atom. The summed E-state index contributed by atoms with van der Waals surface area (Å²) in [5.41, 5.74) is 0.0845. The van der Waals surface area contributed by atoms with Gasteiger partial charge < -0.3 is 9.84 Å². The van der Waals surface area contributed by atoms with E-state index in [-0.39, 0.29) is 17.1 Å². The average molecular weight is 465 g/mol. The van der Waals surface area contributed by atoms with Crippen molar-refractivity contribution in [3.05, 3.63) is 46.9 Å². The highest BCUT2D eigenvalue weighted by Crippen LogP contribution is 2.35. The number of para-hydroxylation sites is 1. The van der Waals surface area contributed by atoms with E-state index in [1.807, 2.05) is 0 Å². The number of aromatic nitrogens is 2. The molecule has 3 heterocycles. The number of aryl methyl sites for hydroxylation is 2. The molecule has 1 aromatic carbocycles. The molecule has 0 bridgehead atoms. The summed E-state index contributed by atoms with van der Waals surface area (Å²) < 4.78 is 46.8. The first-order valence-electron chi connectivity index (χ1n) is 9.72. The predicted octanol–water partition coefficient (Wildman–Crippen LogP) is 3.59. The molecule has 4 rings (SSSR count). The lowest BCUT2D eigenvalue weighted by molar-refractivity contribution is -0.120. The standard InChI is InChI=1S/C20H21FN4O4S2/c1-12-18(10-17(30-12)19-22-13(2)29-24-19)31(27,28)25-9-5-6-14(11-25)20(26)23-16-8-4-3-7-15(16)21/h3-4,7-8,10,14H,5-6,9,11H2,1-2H3,(H,23,26). The van der Waals surface area contributed by atoms with E-state index in [9.17, 15) is 17.6 Å². The van der Waals surface area contributed by atoms with Crippen LogP contribution in [0, 0.1) is 25.6 Å². The highest BCUT2D eigenvalue weighted by molar-refractivity contribution is 7.89. The molecule has 2 aromatic heterocycles. The van der Waals surface area contributed by atoms with E-state index < -0.39 is 27.7 Å². The molecule has 1 amide bonds. The fourth-order valence-electron chi connectivity index (χ4n) is 3.54. The Labute approximate surface area is 183 Å². The first-order valence-corrected chi connectivity index (χ1v) is 12.0. The topological polar surface area (TPSA) is 105 Å². The number of carbonyl (C=O) groups excluding carboxylic acids is 1. The Hall–Kier alpha value is -2.63. The Balaban J connectivity index is 1.53. The number of amides is 1. The predicted molar refractivity (Wildman–Crippen MR) is 114 cm³/mol. The third kappa shape index (κ3) is 4.39. The minimum atomic E-state index is -3.82. The summed E-state index contributed by atoms with van der Waals surface area (Å²) >= 11 is 1.27. The summed E-state index contributed by atoms with van der Waals surface area (Å²) in [4.78, 5) is 18.2. The molecule has 1 unspecified atom stereocenters. The van der Waals surface area contributed by atoms with Gasteiger partial charge >= 0.3 is 0 Å². The molecule has 1 aliphatic rings. The summed E-state index contributed by atoms with van der Waals surface area (Å²) in [6.07, 6.45) is 1.07. The number of sulfonamides is 1. The van der Waals surface area contributed by atoms with Crippen LogP contribution in [0.1, 0.15) is 23.6 Å². The van der Waals surface area contributed by atoms with Crippen molar-refractivity contribution in [2.45, 2.75) is 31.6 Å². The van der Waals surface area contributed by atoms with E-state index in [1.54, 1.807) is 26.0 Å². The van der Waals surface area contributed by atoms with Gasteiger partial charge in [0.1, 0.15) is 5.82 Å². The first-order chi connectivity index (χ1) is 14.8. The van der Waals surface area contributed by atoms with Crippen LogP contribution in [0.2, 0.25) is 0 Å². The molecule has 1 fully saturated rings. The van der Waals surface area contributed by atoms with Gasteiger partial charge in [-0.1, -0.05) is 17.3 Å². The van der Waals surface area contributed by atoms with Gasteiger partial charge in [0.25, 0.3) is 0 Å². The van der Waals surface area contributed by atoms with Crippen LogP contribution in [0.3, 0.4) is 0 Å². The maximum absolute atomic E-state index is 13.9. The molecule has 31 heavy (non-hydrogen) atoms. The van der Waals surface area contributed by atoms with Gasteiger partial charge in [-0.2, -0.15) is 9.29 Å². The summed E-state index contributed by atoms with van der Waals surface area (Å²) in [7, 11) is -3.82. The number of rotatable bonds is 5. The van der Waals surface area contributed by atoms with E-state index in [1.165, 1.54) is 33.8 Å². The SMILES string of the molecule is Cc1nc(-c2cc(S(=O)(=O)N3CCCC(C(=O)Nc4ccccc4F)C3)c(C)s2)no1. The van der Waals surface area contributed by atoms with Gasteiger partial charge in [0, 0.05) is 24.9 Å². The number of anilines is 1. The molecule has 1 N–H and O–H groups in total. The third-order valence-electron chi connectivity index (χ3n) is 5.12. The largest absolute Gasteiger partial charge is 0.339 e. The number of halogens is 1. The molecular formula is C20H21FN4O4S2. The van der Waals surface area contributed by atoms with E-state index >= 15 is 0 Å². The van der Waals surface area contributed by atoms with Crippen LogP contribution in [0.4, 0.5) is 10.1 Å². The van der Waals surface area contributed by atoms with Gasteiger partial charge in [0.05, 0.1) is 21.4 Å². The highest BCUT2D eigenvalue weighted by atomic mass is 32.2. The zero-order chi connectivity index (χ0) is 22.2. The van der Waals surface area contributed by atoms with Crippen molar-refractivity contribution in [2.24, 2.45) is 5.92 Å².